The predicted molar refractivity (Wildman–Crippen MR) is 129 cm³/mol. The Labute approximate surface area is 194 Å². The first-order valence-electron chi connectivity index (χ1n) is 9.36. The van der Waals surface area contributed by atoms with E-state index in [2.05, 4.69) is 15.6 Å². The van der Waals surface area contributed by atoms with E-state index in [0.717, 1.165) is 33.5 Å². The molecule has 156 valence electrons. The number of amides is 1. The Morgan fingerprint density at radius 3 is 2.61 bits per heavy atom. The fourth-order valence-electron chi connectivity index (χ4n) is 3.05. The van der Waals surface area contributed by atoms with Gasteiger partial charge in [-0.2, -0.15) is 0 Å². The van der Waals surface area contributed by atoms with Crippen molar-refractivity contribution in [2.45, 2.75) is 13.8 Å². The molecule has 31 heavy (non-hydrogen) atoms. The summed E-state index contributed by atoms with van der Waals surface area (Å²) in [7, 11) is 0. The van der Waals surface area contributed by atoms with Crippen molar-refractivity contribution in [1.82, 2.24) is 10.3 Å². The average Bonchev–Trinajstić information content (AvgIpc) is 3.12. The molecule has 8 heteroatoms. The van der Waals surface area contributed by atoms with Crippen LogP contribution >= 0.6 is 35.4 Å². The van der Waals surface area contributed by atoms with Gasteiger partial charge in [-0.25, -0.2) is 4.98 Å². The van der Waals surface area contributed by atoms with Crippen LogP contribution in [0.25, 0.3) is 22.6 Å². The summed E-state index contributed by atoms with van der Waals surface area (Å²) in [5, 5.41) is 6.53. The highest BCUT2D eigenvalue weighted by Gasteiger charge is 2.14. The third-order valence-electron chi connectivity index (χ3n) is 4.68. The zero-order valence-corrected chi connectivity index (χ0v) is 19.0. The molecular formula is C23H17Cl2N3O2S. The van der Waals surface area contributed by atoms with Gasteiger partial charge in [-0.05, 0) is 79.7 Å². The van der Waals surface area contributed by atoms with Crippen LogP contribution in [0.3, 0.4) is 0 Å². The standard InChI is InChI=1S/C23H17Cl2N3O2S/c1-12-3-8-20-19(9-12)26-22(30-20)14-5-4-13(2)18(10-14)27-23(31)28-21(29)16-7-6-15(24)11-17(16)25/h3-11H,1-2H3,(H2,27,28,29,31). The van der Waals surface area contributed by atoms with Crippen LogP contribution in [0.1, 0.15) is 21.5 Å². The first-order chi connectivity index (χ1) is 14.8. The monoisotopic (exact) mass is 469 g/mol. The molecular weight excluding hydrogens is 453 g/mol. The number of nitrogens with one attached hydrogen (secondary N) is 2. The maximum Gasteiger partial charge on any atom is 0.258 e. The minimum atomic E-state index is -0.428. The van der Waals surface area contributed by atoms with Gasteiger partial charge < -0.3 is 9.73 Å². The predicted octanol–water partition coefficient (Wildman–Crippen LogP) is 6.55. The van der Waals surface area contributed by atoms with Crippen LogP contribution in [0.15, 0.2) is 59.0 Å². The molecule has 0 aliphatic heterocycles. The number of thiocarbonyl (C=S) groups is 1. The number of carbonyl (C=O) groups is 1. The largest absolute Gasteiger partial charge is 0.436 e. The van der Waals surface area contributed by atoms with Gasteiger partial charge >= 0.3 is 0 Å². The maximum atomic E-state index is 12.5. The molecule has 0 saturated heterocycles. The van der Waals surface area contributed by atoms with Crippen molar-refractivity contribution in [3.63, 3.8) is 0 Å². The first-order valence-corrected chi connectivity index (χ1v) is 10.5. The summed E-state index contributed by atoms with van der Waals surface area (Å²) >= 11 is 17.3. The maximum absolute atomic E-state index is 12.5. The molecule has 1 amide bonds. The number of fused-ring (bicyclic) bond motifs is 1. The van der Waals surface area contributed by atoms with Crippen LogP contribution in [-0.2, 0) is 0 Å². The van der Waals surface area contributed by atoms with Gasteiger partial charge in [0.15, 0.2) is 10.7 Å². The molecule has 4 rings (SSSR count). The van der Waals surface area contributed by atoms with Crippen LogP contribution in [0.2, 0.25) is 10.0 Å². The van der Waals surface area contributed by atoms with Crippen LogP contribution in [0.4, 0.5) is 5.69 Å². The highest BCUT2D eigenvalue weighted by Crippen LogP contribution is 2.28. The smallest absolute Gasteiger partial charge is 0.258 e. The van der Waals surface area contributed by atoms with E-state index in [9.17, 15) is 4.79 Å². The van der Waals surface area contributed by atoms with Crippen LogP contribution in [0.5, 0.6) is 0 Å². The van der Waals surface area contributed by atoms with E-state index in [1.807, 2.05) is 50.2 Å². The molecule has 0 unspecified atom stereocenters. The Balaban J connectivity index is 1.54. The number of oxazole rings is 1. The zero-order valence-electron chi connectivity index (χ0n) is 16.6. The van der Waals surface area contributed by atoms with Crippen molar-refractivity contribution in [1.29, 1.82) is 0 Å². The molecule has 0 atom stereocenters. The molecule has 0 bridgehead atoms. The molecule has 0 fully saturated rings. The zero-order chi connectivity index (χ0) is 22.1. The molecule has 0 spiro atoms. The van der Waals surface area contributed by atoms with Gasteiger partial charge in [0.25, 0.3) is 5.91 Å². The van der Waals surface area contributed by atoms with Crippen molar-refractivity contribution in [3.05, 3.63) is 81.3 Å². The Kier molecular flexibility index (Phi) is 5.96. The van der Waals surface area contributed by atoms with E-state index < -0.39 is 5.91 Å². The topological polar surface area (TPSA) is 67.2 Å². The van der Waals surface area contributed by atoms with Crippen molar-refractivity contribution >= 4 is 63.2 Å². The van der Waals surface area contributed by atoms with E-state index in [1.54, 1.807) is 12.1 Å². The molecule has 1 aromatic heterocycles. The summed E-state index contributed by atoms with van der Waals surface area (Å²) in [6.07, 6.45) is 0. The summed E-state index contributed by atoms with van der Waals surface area (Å²) in [6.45, 7) is 3.94. The average molecular weight is 470 g/mol. The van der Waals surface area contributed by atoms with E-state index >= 15 is 0 Å². The normalized spacial score (nSPS) is 10.8. The van der Waals surface area contributed by atoms with Crippen molar-refractivity contribution in [2.24, 2.45) is 0 Å². The second-order valence-electron chi connectivity index (χ2n) is 7.05. The Hall–Kier alpha value is -2.93. The fourth-order valence-corrected chi connectivity index (χ4v) is 3.75. The number of aromatic nitrogens is 1. The highest BCUT2D eigenvalue weighted by atomic mass is 35.5. The molecule has 0 radical (unpaired) electrons. The van der Waals surface area contributed by atoms with Gasteiger partial charge in [-0.15, -0.1) is 0 Å². The number of rotatable bonds is 3. The first kappa shape index (κ1) is 21.3. The third kappa shape index (κ3) is 4.71. The van der Waals surface area contributed by atoms with Gasteiger partial charge in [0, 0.05) is 16.3 Å². The van der Waals surface area contributed by atoms with E-state index in [1.165, 1.54) is 6.07 Å². The van der Waals surface area contributed by atoms with Gasteiger partial charge in [-0.3, -0.25) is 10.1 Å². The van der Waals surface area contributed by atoms with Gasteiger partial charge in [0.05, 0.1) is 10.6 Å². The summed E-state index contributed by atoms with van der Waals surface area (Å²) in [6, 6.07) is 16.2. The molecule has 4 aromatic rings. The number of hydrogen-bond acceptors (Lipinski definition) is 4. The van der Waals surface area contributed by atoms with Gasteiger partial charge in [-0.1, -0.05) is 35.3 Å². The summed E-state index contributed by atoms with van der Waals surface area (Å²) in [5.41, 5.74) is 5.37. The van der Waals surface area contributed by atoms with Crippen molar-refractivity contribution in [2.75, 3.05) is 5.32 Å². The van der Waals surface area contributed by atoms with Crippen LogP contribution < -0.4 is 10.6 Å². The number of nitrogens with zero attached hydrogens (tertiary/aromatic N) is 1. The number of anilines is 1. The second kappa shape index (κ2) is 8.67. The lowest BCUT2D eigenvalue weighted by Gasteiger charge is -2.13. The minimum absolute atomic E-state index is 0.143. The number of benzene rings is 3. The number of hydrogen-bond donors (Lipinski definition) is 2. The number of aryl methyl sites for hydroxylation is 2. The Morgan fingerprint density at radius 1 is 1.03 bits per heavy atom. The SMILES string of the molecule is Cc1ccc2oc(-c3ccc(C)c(NC(=S)NC(=O)c4ccc(Cl)cc4Cl)c3)nc2c1. The quantitative estimate of drug-likeness (QED) is 0.333. The molecule has 2 N–H and O–H groups in total. The van der Waals surface area contributed by atoms with Crippen molar-refractivity contribution in [3.8, 4) is 11.5 Å². The van der Waals surface area contributed by atoms with Crippen LogP contribution in [-0.4, -0.2) is 16.0 Å². The summed E-state index contributed by atoms with van der Waals surface area (Å²) < 4.78 is 5.89. The Morgan fingerprint density at radius 2 is 1.84 bits per heavy atom. The van der Waals surface area contributed by atoms with Gasteiger partial charge in [0.1, 0.15) is 5.52 Å². The fraction of sp³-hybridized carbons (Fsp3) is 0.0870. The van der Waals surface area contributed by atoms with Crippen LogP contribution in [0, 0.1) is 13.8 Å². The number of halogens is 2. The van der Waals surface area contributed by atoms with Gasteiger partial charge in [0.2, 0.25) is 5.89 Å². The number of carbonyl (C=O) groups excluding carboxylic acids is 1. The summed E-state index contributed by atoms with van der Waals surface area (Å²) in [5.74, 6) is 0.0776. The summed E-state index contributed by atoms with van der Waals surface area (Å²) in [4.78, 5) is 17.1. The van der Waals surface area contributed by atoms with Crippen molar-refractivity contribution < 1.29 is 9.21 Å². The molecule has 1 heterocycles. The third-order valence-corrected chi connectivity index (χ3v) is 5.43. The second-order valence-corrected chi connectivity index (χ2v) is 8.30. The lowest BCUT2D eigenvalue weighted by molar-refractivity contribution is 0.0978. The minimum Gasteiger partial charge on any atom is -0.436 e. The van der Waals surface area contributed by atoms with E-state index in [0.29, 0.717) is 10.9 Å². The lowest BCUT2D eigenvalue weighted by atomic mass is 10.1. The molecule has 0 aliphatic carbocycles. The van der Waals surface area contributed by atoms with E-state index in [-0.39, 0.29) is 15.7 Å². The molecule has 3 aromatic carbocycles. The Bertz CT molecular complexity index is 1330. The molecule has 0 aliphatic rings. The lowest BCUT2D eigenvalue weighted by Crippen LogP contribution is -2.34. The highest BCUT2D eigenvalue weighted by molar-refractivity contribution is 7.80. The van der Waals surface area contributed by atoms with E-state index in [4.69, 9.17) is 39.8 Å². The molecule has 5 nitrogen and oxygen atoms in total. The molecule has 0 saturated carbocycles.